The molecule has 2 fully saturated rings. The van der Waals surface area contributed by atoms with E-state index in [4.69, 9.17) is 14.7 Å². The highest BCUT2D eigenvalue weighted by Crippen LogP contribution is 2.34. The summed E-state index contributed by atoms with van der Waals surface area (Å²) in [5, 5.41) is 8.99. The Kier molecular flexibility index (Phi) is 4.25. The molecule has 2 atom stereocenters. The molecule has 0 saturated carbocycles. The van der Waals surface area contributed by atoms with Gasteiger partial charge in [0.15, 0.2) is 0 Å². The van der Waals surface area contributed by atoms with Crippen molar-refractivity contribution in [3.05, 3.63) is 35.4 Å². The molecular formula is C17H22N2O2. The third-order valence-corrected chi connectivity index (χ3v) is 4.65. The molecule has 0 aliphatic carbocycles. The van der Waals surface area contributed by atoms with Gasteiger partial charge in [0.05, 0.1) is 23.8 Å². The van der Waals surface area contributed by atoms with Gasteiger partial charge in [0.25, 0.3) is 0 Å². The monoisotopic (exact) mass is 286 g/mol. The summed E-state index contributed by atoms with van der Waals surface area (Å²) in [5.74, 6) is 0. The fraction of sp³-hybridized carbons (Fsp3) is 0.588. The van der Waals surface area contributed by atoms with Crippen LogP contribution in [-0.4, -0.2) is 43.4 Å². The maximum atomic E-state index is 8.99. The Balaban J connectivity index is 1.64. The van der Waals surface area contributed by atoms with Crippen LogP contribution in [0.5, 0.6) is 0 Å². The summed E-state index contributed by atoms with van der Waals surface area (Å²) in [6.07, 6.45) is 3.12. The number of nitrogens with zero attached hydrogens (tertiary/aromatic N) is 2. The van der Waals surface area contributed by atoms with Crippen molar-refractivity contribution in [1.29, 1.82) is 5.26 Å². The lowest BCUT2D eigenvalue weighted by Crippen LogP contribution is -2.47. The largest absolute Gasteiger partial charge is 0.378 e. The smallest absolute Gasteiger partial charge is 0.0991 e. The van der Waals surface area contributed by atoms with Gasteiger partial charge in [-0.3, -0.25) is 4.90 Å². The second-order valence-electron chi connectivity index (χ2n) is 6.21. The highest BCUT2D eigenvalue weighted by atomic mass is 16.6. The van der Waals surface area contributed by atoms with E-state index in [1.54, 1.807) is 0 Å². The van der Waals surface area contributed by atoms with Crippen LogP contribution in [-0.2, 0) is 16.0 Å². The minimum Gasteiger partial charge on any atom is -0.378 e. The summed E-state index contributed by atoms with van der Waals surface area (Å²) in [7, 11) is 2.17. The first-order valence-corrected chi connectivity index (χ1v) is 7.62. The van der Waals surface area contributed by atoms with Crippen LogP contribution in [0.25, 0.3) is 0 Å². The molecule has 2 saturated heterocycles. The van der Waals surface area contributed by atoms with Crippen LogP contribution in [0.4, 0.5) is 0 Å². The molecule has 4 nitrogen and oxygen atoms in total. The lowest BCUT2D eigenvalue weighted by Gasteiger charge is -2.41. The highest BCUT2D eigenvalue weighted by molar-refractivity contribution is 5.32. The topological polar surface area (TPSA) is 45.5 Å². The van der Waals surface area contributed by atoms with Crippen LogP contribution in [0.3, 0.4) is 0 Å². The lowest BCUT2D eigenvalue weighted by molar-refractivity contribution is -0.104. The molecule has 0 radical (unpaired) electrons. The maximum Gasteiger partial charge on any atom is 0.0991 e. The van der Waals surface area contributed by atoms with Crippen LogP contribution < -0.4 is 0 Å². The van der Waals surface area contributed by atoms with E-state index in [9.17, 15) is 0 Å². The molecule has 0 aromatic heterocycles. The van der Waals surface area contributed by atoms with Crippen molar-refractivity contribution in [3.8, 4) is 6.07 Å². The quantitative estimate of drug-likeness (QED) is 0.855. The van der Waals surface area contributed by atoms with Gasteiger partial charge >= 0.3 is 0 Å². The number of benzene rings is 1. The van der Waals surface area contributed by atoms with E-state index in [1.165, 1.54) is 5.56 Å². The molecule has 2 heterocycles. The van der Waals surface area contributed by atoms with Gasteiger partial charge in [-0.2, -0.15) is 5.26 Å². The highest BCUT2D eigenvalue weighted by Gasteiger charge is 2.41. The minimum atomic E-state index is -0.0499. The van der Waals surface area contributed by atoms with E-state index in [-0.39, 0.29) is 5.60 Å². The van der Waals surface area contributed by atoms with Crippen LogP contribution >= 0.6 is 0 Å². The maximum absolute atomic E-state index is 8.99. The number of hydrogen-bond donors (Lipinski definition) is 0. The molecule has 2 aliphatic rings. The molecular weight excluding hydrogens is 264 g/mol. The minimum absolute atomic E-state index is 0.0499. The Hall–Kier alpha value is -1.41. The fourth-order valence-electron chi connectivity index (χ4n) is 3.40. The Morgan fingerprint density at radius 3 is 3.10 bits per heavy atom. The number of ether oxygens (including phenoxy) is 2. The van der Waals surface area contributed by atoms with Gasteiger partial charge in [0.2, 0.25) is 0 Å². The number of hydrogen-bond acceptors (Lipinski definition) is 4. The molecule has 1 aromatic carbocycles. The first-order valence-electron chi connectivity index (χ1n) is 7.62. The third-order valence-electron chi connectivity index (χ3n) is 4.65. The molecule has 2 unspecified atom stereocenters. The van der Waals surface area contributed by atoms with E-state index < -0.39 is 0 Å². The molecule has 0 N–H and O–H groups in total. The van der Waals surface area contributed by atoms with E-state index >= 15 is 0 Å². The van der Waals surface area contributed by atoms with Gasteiger partial charge in [-0.25, -0.2) is 0 Å². The van der Waals surface area contributed by atoms with Crippen molar-refractivity contribution >= 4 is 0 Å². The van der Waals surface area contributed by atoms with Crippen LogP contribution in [0.1, 0.15) is 30.4 Å². The van der Waals surface area contributed by atoms with Crippen molar-refractivity contribution in [2.45, 2.75) is 37.5 Å². The molecule has 2 aliphatic heterocycles. The normalized spacial score (nSPS) is 28.9. The summed E-state index contributed by atoms with van der Waals surface area (Å²) in [6, 6.07) is 10.6. The van der Waals surface area contributed by atoms with E-state index in [1.807, 2.05) is 18.2 Å². The van der Waals surface area contributed by atoms with Gasteiger partial charge < -0.3 is 9.47 Å². The SMILES string of the molecule is CN(Cc1cccc(C#N)c1)C1CCOC2(CCOC2)C1. The molecule has 3 rings (SSSR count). The first kappa shape index (κ1) is 14.5. The molecule has 21 heavy (non-hydrogen) atoms. The van der Waals surface area contributed by atoms with Gasteiger partial charge in [-0.1, -0.05) is 12.1 Å². The number of nitriles is 1. The van der Waals surface area contributed by atoms with Crippen LogP contribution in [0.15, 0.2) is 24.3 Å². The zero-order valence-electron chi connectivity index (χ0n) is 12.5. The Morgan fingerprint density at radius 2 is 2.33 bits per heavy atom. The third kappa shape index (κ3) is 3.26. The predicted octanol–water partition coefficient (Wildman–Crippen LogP) is 2.33. The molecule has 1 aromatic rings. The van der Waals surface area contributed by atoms with Crippen molar-refractivity contribution < 1.29 is 9.47 Å². The Bertz CT molecular complexity index is 532. The van der Waals surface area contributed by atoms with Crippen molar-refractivity contribution in [2.24, 2.45) is 0 Å². The van der Waals surface area contributed by atoms with Gasteiger partial charge in [0, 0.05) is 32.2 Å². The molecule has 0 bridgehead atoms. The van der Waals surface area contributed by atoms with Gasteiger partial charge in [0.1, 0.15) is 0 Å². The summed E-state index contributed by atoms with van der Waals surface area (Å²) >= 11 is 0. The summed E-state index contributed by atoms with van der Waals surface area (Å²) in [6.45, 7) is 3.25. The Morgan fingerprint density at radius 1 is 1.43 bits per heavy atom. The average molecular weight is 286 g/mol. The zero-order chi connectivity index (χ0) is 14.7. The van der Waals surface area contributed by atoms with Crippen LogP contribution in [0, 0.1) is 11.3 Å². The second kappa shape index (κ2) is 6.15. The molecule has 112 valence electrons. The fourth-order valence-corrected chi connectivity index (χ4v) is 3.40. The Labute approximate surface area is 126 Å². The van der Waals surface area contributed by atoms with E-state index in [2.05, 4.69) is 24.1 Å². The average Bonchev–Trinajstić information content (AvgIpc) is 2.95. The van der Waals surface area contributed by atoms with Crippen LogP contribution in [0.2, 0.25) is 0 Å². The molecule has 4 heteroatoms. The van der Waals surface area contributed by atoms with Crippen molar-refractivity contribution in [1.82, 2.24) is 4.90 Å². The predicted molar refractivity (Wildman–Crippen MR) is 79.8 cm³/mol. The van der Waals surface area contributed by atoms with Gasteiger partial charge in [-0.05, 0) is 37.6 Å². The summed E-state index contributed by atoms with van der Waals surface area (Å²) in [5.41, 5.74) is 1.87. The number of rotatable bonds is 3. The van der Waals surface area contributed by atoms with E-state index in [0.717, 1.165) is 51.2 Å². The van der Waals surface area contributed by atoms with Crippen molar-refractivity contribution in [2.75, 3.05) is 26.9 Å². The zero-order valence-corrected chi connectivity index (χ0v) is 12.5. The molecule has 1 spiro atoms. The van der Waals surface area contributed by atoms with E-state index in [0.29, 0.717) is 6.04 Å². The summed E-state index contributed by atoms with van der Waals surface area (Å²) in [4.78, 5) is 2.39. The second-order valence-corrected chi connectivity index (χ2v) is 6.21. The van der Waals surface area contributed by atoms with Gasteiger partial charge in [-0.15, -0.1) is 0 Å². The standard InChI is InChI=1S/C17H22N2O2/c1-19(12-15-4-2-3-14(9-15)11-18)16-5-7-21-17(10-16)6-8-20-13-17/h2-4,9,16H,5-8,10,12-13H2,1H3. The first-order chi connectivity index (χ1) is 10.2. The van der Waals surface area contributed by atoms with Crippen molar-refractivity contribution in [3.63, 3.8) is 0 Å². The summed E-state index contributed by atoms with van der Waals surface area (Å²) < 4.78 is 11.5. The molecule has 0 amide bonds. The lowest BCUT2D eigenvalue weighted by atomic mass is 9.89.